The summed E-state index contributed by atoms with van der Waals surface area (Å²) in [6.07, 6.45) is 7.16. The molecule has 3 aromatic rings. The van der Waals surface area contributed by atoms with Crippen LogP contribution in [0, 0.1) is 19.3 Å². The molecule has 1 spiro atoms. The number of aryl methyl sites for hydroxylation is 2. The number of nitrogens with one attached hydrogen (secondary N) is 2. The number of nitrogens with zero attached hydrogens (tertiary/aromatic N) is 5. The van der Waals surface area contributed by atoms with Gasteiger partial charge in [-0.2, -0.15) is 5.10 Å². The Kier molecular flexibility index (Phi) is 7.71. The molecule has 2 unspecified atom stereocenters. The molecule has 2 amide bonds. The number of rotatable bonds is 7. The Labute approximate surface area is 258 Å². The van der Waals surface area contributed by atoms with Crippen molar-refractivity contribution in [3.8, 4) is 0 Å². The summed E-state index contributed by atoms with van der Waals surface area (Å²) in [7, 11) is -3.57. The largest absolute Gasteiger partial charge is 0.447 e. The van der Waals surface area contributed by atoms with Crippen LogP contribution in [0.15, 0.2) is 30.5 Å². The average Bonchev–Trinajstić information content (AvgIpc) is 3.48. The van der Waals surface area contributed by atoms with Crippen molar-refractivity contribution in [1.82, 2.24) is 24.8 Å². The highest BCUT2D eigenvalue weighted by Crippen LogP contribution is 2.53. The van der Waals surface area contributed by atoms with E-state index in [1.807, 2.05) is 44.9 Å². The fraction of sp³-hybridized carbons (Fsp3) is 0.548. The van der Waals surface area contributed by atoms with Crippen LogP contribution in [0.25, 0.3) is 5.65 Å². The van der Waals surface area contributed by atoms with E-state index in [1.54, 1.807) is 22.7 Å². The van der Waals surface area contributed by atoms with Crippen molar-refractivity contribution in [2.75, 3.05) is 35.5 Å². The zero-order valence-corrected chi connectivity index (χ0v) is 26.8. The number of benzene rings is 1. The first kappa shape index (κ1) is 30.2. The molecule has 2 aromatic heterocycles. The lowest BCUT2D eigenvalue weighted by Gasteiger charge is -2.35. The lowest BCUT2D eigenvalue weighted by molar-refractivity contribution is 0.0606. The average molecular weight is 624 g/mol. The standard InChI is InChI=1S/C31H41N7O5S/c1-19(2)43-30(40)32-26-17-36(18-31(26)11-12-31)28-21(4)16-38-27(33-28)15-24(34-38)25-8-6-7-13-37(25)29(39)22-14-20(3)9-10-23(22)35-44(5,41)42/h9-10,14-16,19,25-26,35H,6-8,11-13,17-18H2,1-5H3,(H,32,40). The fourth-order valence-corrected chi connectivity index (χ4v) is 7.23. The monoisotopic (exact) mass is 623 g/mol. The number of anilines is 2. The number of carbonyl (C=O) groups excluding carboxylic acids is 2. The Morgan fingerprint density at radius 2 is 1.91 bits per heavy atom. The minimum atomic E-state index is -3.57. The summed E-state index contributed by atoms with van der Waals surface area (Å²) >= 11 is 0. The maximum Gasteiger partial charge on any atom is 0.407 e. The van der Waals surface area contributed by atoms with Gasteiger partial charge in [0, 0.05) is 42.9 Å². The molecule has 12 nitrogen and oxygen atoms in total. The molecule has 2 saturated heterocycles. The third-order valence-electron chi connectivity index (χ3n) is 8.90. The van der Waals surface area contributed by atoms with Crippen LogP contribution >= 0.6 is 0 Å². The van der Waals surface area contributed by atoms with Gasteiger partial charge in [0.05, 0.1) is 41.4 Å². The number of hydrogen-bond donors (Lipinski definition) is 2. The van der Waals surface area contributed by atoms with E-state index in [-0.39, 0.29) is 41.3 Å². The van der Waals surface area contributed by atoms with E-state index >= 15 is 0 Å². The first-order valence-corrected chi connectivity index (χ1v) is 17.2. The van der Waals surface area contributed by atoms with E-state index in [9.17, 15) is 18.0 Å². The summed E-state index contributed by atoms with van der Waals surface area (Å²) in [4.78, 5) is 35.4. The summed E-state index contributed by atoms with van der Waals surface area (Å²) in [5.41, 5.74) is 3.92. The fourth-order valence-electron chi connectivity index (χ4n) is 6.65. The number of sulfonamides is 1. The van der Waals surface area contributed by atoms with Crippen molar-refractivity contribution < 1.29 is 22.7 Å². The van der Waals surface area contributed by atoms with Gasteiger partial charge in [-0.15, -0.1) is 0 Å². The predicted molar refractivity (Wildman–Crippen MR) is 167 cm³/mol. The Morgan fingerprint density at radius 1 is 1.14 bits per heavy atom. The number of hydrogen-bond acceptors (Lipinski definition) is 8. The topological polar surface area (TPSA) is 138 Å². The van der Waals surface area contributed by atoms with E-state index in [0.717, 1.165) is 67.5 Å². The van der Waals surface area contributed by atoms with Crippen LogP contribution in [-0.4, -0.2) is 78.0 Å². The van der Waals surface area contributed by atoms with Crippen LogP contribution in [0.5, 0.6) is 0 Å². The second-order valence-electron chi connectivity index (χ2n) is 12.9. The van der Waals surface area contributed by atoms with Gasteiger partial charge in [-0.25, -0.2) is 22.7 Å². The minimum Gasteiger partial charge on any atom is -0.447 e. The van der Waals surface area contributed by atoms with E-state index in [4.69, 9.17) is 14.8 Å². The van der Waals surface area contributed by atoms with Gasteiger partial charge in [0.15, 0.2) is 5.65 Å². The van der Waals surface area contributed by atoms with Gasteiger partial charge in [-0.3, -0.25) is 9.52 Å². The Morgan fingerprint density at radius 3 is 2.61 bits per heavy atom. The number of likely N-dealkylation sites (tertiary alicyclic amines) is 1. The second-order valence-corrected chi connectivity index (χ2v) is 14.7. The number of carbonyl (C=O) groups is 2. The number of piperidine rings is 1. The van der Waals surface area contributed by atoms with Crippen LogP contribution in [0.4, 0.5) is 16.3 Å². The Bertz CT molecular complexity index is 1720. The molecule has 0 radical (unpaired) electrons. The van der Waals surface area contributed by atoms with Crippen LogP contribution in [0.1, 0.15) is 79.2 Å². The first-order chi connectivity index (χ1) is 20.8. The SMILES string of the molecule is Cc1ccc(NS(C)(=O)=O)c(C(=O)N2CCCCC2c2cc3nc(N4CC(NC(=O)OC(C)C)C5(CC5)C4)c(C)cn3n2)c1. The van der Waals surface area contributed by atoms with E-state index in [1.165, 1.54) is 0 Å². The minimum absolute atomic E-state index is 0.00263. The van der Waals surface area contributed by atoms with Gasteiger partial charge < -0.3 is 19.9 Å². The molecular formula is C31H41N7O5S. The predicted octanol–water partition coefficient (Wildman–Crippen LogP) is 4.19. The van der Waals surface area contributed by atoms with Crippen molar-refractivity contribution in [2.24, 2.45) is 5.41 Å². The van der Waals surface area contributed by atoms with Gasteiger partial charge in [-0.1, -0.05) is 11.6 Å². The molecule has 1 saturated carbocycles. The number of fused-ring (bicyclic) bond motifs is 1. The highest BCUT2D eigenvalue weighted by atomic mass is 32.2. The maximum atomic E-state index is 14.0. The number of alkyl carbamates (subject to hydrolysis) is 1. The number of ether oxygens (including phenoxy) is 1. The lowest BCUT2D eigenvalue weighted by atomic mass is 9.97. The zero-order chi connectivity index (χ0) is 31.4. The molecule has 2 atom stereocenters. The molecule has 13 heteroatoms. The van der Waals surface area contributed by atoms with E-state index in [0.29, 0.717) is 24.3 Å². The maximum absolute atomic E-state index is 14.0. The highest BCUT2D eigenvalue weighted by Gasteiger charge is 2.56. The molecular weight excluding hydrogens is 582 g/mol. The molecule has 1 aliphatic carbocycles. The molecule has 0 bridgehead atoms. The van der Waals surface area contributed by atoms with Crippen molar-refractivity contribution >= 4 is 39.2 Å². The summed E-state index contributed by atoms with van der Waals surface area (Å²) < 4.78 is 33.7. The molecule has 6 rings (SSSR count). The van der Waals surface area contributed by atoms with Gasteiger partial charge >= 0.3 is 6.09 Å². The first-order valence-electron chi connectivity index (χ1n) is 15.3. The quantitative estimate of drug-likeness (QED) is 0.400. The van der Waals surface area contributed by atoms with Crippen molar-refractivity contribution in [1.29, 1.82) is 0 Å². The zero-order valence-electron chi connectivity index (χ0n) is 26.0. The molecule has 44 heavy (non-hydrogen) atoms. The Hall–Kier alpha value is -3.87. The van der Waals surface area contributed by atoms with Gasteiger partial charge in [-0.05, 0) is 71.9 Å². The normalized spacial score (nSPS) is 21.2. The third kappa shape index (κ3) is 6.06. The summed E-state index contributed by atoms with van der Waals surface area (Å²) in [6.45, 7) is 9.59. The molecule has 236 valence electrons. The molecule has 3 fully saturated rings. The van der Waals surface area contributed by atoms with Gasteiger partial charge in [0.25, 0.3) is 5.91 Å². The molecule has 1 aromatic carbocycles. The van der Waals surface area contributed by atoms with Crippen molar-refractivity contribution in [3.05, 3.63) is 52.8 Å². The Balaban J connectivity index is 1.26. The molecule has 4 heterocycles. The number of aromatic nitrogens is 3. The van der Waals surface area contributed by atoms with Crippen molar-refractivity contribution in [2.45, 2.75) is 78.0 Å². The number of amides is 2. The van der Waals surface area contributed by atoms with E-state index in [2.05, 4.69) is 14.9 Å². The third-order valence-corrected chi connectivity index (χ3v) is 9.50. The highest BCUT2D eigenvalue weighted by molar-refractivity contribution is 7.92. The van der Waals surface area contributed by atoms with Crippen LogP contribution in [0.3, 0.4) is 0 Å². The lowest BCUT2D eigenvalue weighted by Crippen LogP contribution is -2.42. The molecule has 2 N–H and O–H groups in total. The summed E-state index contributed by atoms with van der Waals surface area (Å²) in [5, 5.41) is 7.96. The molecule has 3 aliphatic rings. The van der Waals surface area contributed by atoms with Gasteiger partial charge in [0.1, 0.15) is 5.82 Å². The second kappa shape index (κ2) is 11.2. The molecule has 2 aliphatic heterocycles. The van der Waals surface area contributed by atoms with E-state index < -0.39 is 10.0 Å². The van der Waals surface area contributed by atoms with Crippen LogP contribution in [-0.2, 0) is 14.8 Å². The smallest absolute Gasteiger partial charge is 0.407 e. The van der Waals surface area contributed by atoms with Crippen LogP contribution in [0.2, 0.25) is 0 Å². The summed E-state index contributed by atoms with van der Waals surface area (Å²) in [6, 6.07) is 6.83. The van der Waals surface area contributed by atoms with Crippen molar-refractivity contribution in [3.63, 3.8) is 0 Å². The van der Waals surface area contributed by atoms with Gasteiger partial charge in [0.2, 0.25) is 10.0 Å². The van der Waals surface area contributed by atoms with Crippen LogP contribution < -0.4 is 14.9 Å². The summed E-state index contributed by atoms with van der Waals surface area (Å²) in [5.74, 6) is 0.636.